The third-order valence-corrected chi connectivity index (χ3v) is 8.65. The average Bonchev–Trinajstić information content (AvgIpc) is 2.90. The Kier molecular flexibility index (Phi) is 9.18. The molecule has 1 saturated carbocycles. The molecule has 1 unspecified atom stereocenters. The number of aromatic nitrogens is 1. The van der Waals surface area contributed by atoms with Gasteiger partial charge in [-0.15, -0.1) is 0 Å². The molecule has 0 spiro atoms. The van der Waals surface area contributed by atoms with Gasteiger partial charge in [-0.05, 0) is 86.8 Å². The summed E-state index contributed by atoms with van der Waals surface area (Å²) in [5.41, 5.74) is 1.24. The van der Waals surface area contributed by atoms with Gasteiger partial charge in [-0.25, -0.2) is 4.39 Å². The average molecular weight is 501 g/mol. The molecule has 1 aromatic heterocycles. The summed E-state index contributed by atoms with van der Waals surface area (Å²) in [7, 11) is 1.57. The summed E-state index contributed by atoms with van der Waals surface area (Å²) in [5.74, 6) is 0.679. The topological polar surface area (TPSA) is 82.9 Å². The van der Waals surface area contributed by atoms with E-state index in [9.17, 15) is 19.4 Å². The Balaban J connectivity index is 1.43. The monoisotopic (exact) mass is 500 g/mol. The smallest absolute Gasteiger partial charge is 0.303 e. The first-order chi connectivity index (χ1) is 17.4. The van der Waals surface area contributed by atoms with Gasteiger partial charge < -0.3 is 19.8 Å². The number of aliphatic hydroxyl groups is 1. The van der Waals surface area contributed by atoms with Gasteiger partial charge in [0.05, 0.1) is 25.2 Å². The fourth-order valence-electron chi connectivity index (χ4n) is 6.38. The third kappa shape index (κ3) is 6.54. The van der Waals surface area contributed by atoms with E-state index in [4.69, 9.17) is 4.74 Å². The number of ether oxygens (including phenoxy) is 1. The highest BCUT2D eigenvalue weighted by molar-refractivity contribution is 5.85. The summed E-state index contributed by atoms with van der Waals surface area (Å²) in [5, 5.41) is 21.6. The van der Waals surface area contributed by atoms with Crippen LogP contribution in [-0.4, -0.2) is 52.8 Å². The molecular formula is C29H41FN2O4. The number of hydrogen-bond acceptors (Lipinski definition) is 5. The minimum Gasteiger partial charge on any atom is -0.497 e. The maximum Gasteiger partial charge on any atom is 0.303 e. The number of nitrogens with zero attached hydrogens (tertiary/aromatic N) is 2. The number of carbonyl (C=O) groups is 1. The first-order valence-electron chi connectivity index (χ1n) is 13.6. The van der Waals surface area contributed by atoms with Crippen LogP contribution in [0.3, 0.4) is 0 Å². The SMILES string of the molecule is COc1ccc2ncc(CF)c(C(O)CCC3(CC(=O)O)CCN(CCC4CCCCC4)CC3)c2c1. The molecule has 6 nitrogen and oxygen atoms in total. The predicted octanol–water partition coefficient (Wildman–Crippen LogP) is 6.05. The first-order valence-corrected chi connectivity index (χ1v) is 13.6. The number of methoxy groups -OCH3 is 1. The molecule has 2 N–H and O–H groups in total. The van der Waals surface area contributed by atoms with Gasteiger partial charge in [0.25, 0.3) is 0 Å². The number of hydrogen-bond donors (Lipinski definition) is 2. The molecule has 0 amide bonds. The summed E-state index contributed by atoms with van der Waals surface area (Å²) in [6.07, 6.45) is 11.4. The molecule has 2 aliphatic rings. The van der Waals surface area contributed by atoms with Gasteiger partial charge in [-0.1, -0.05) is 32.1 Å². The van der Waals surface area contributed by atoms with Crippen molar-refractivity contribution in [1.29, 1.82) is 0 Å². The van der Waals surface area contributed by atoms with E-state index in [0.717, 1.165) is 38.4 Å². The van der Waals surface area contributed by atoms with Gasteiger partial charge in [-0.2, -0.15) is 0 Å². The Bertz CT molecular complexity index is 1010. The van der Waals surface area contributed by atoms with Gasteiger partial charge in [0.2, 0.25) is 0 Å². The fraction of sp³-hybridized carbons (Fsp3) is 0.655. The van der Waals surface area contributed by atoms with Gasteiger partial charge in [-0.3, -0.25) is 9.78 Å². The van der Waals surface area contributed by atoms with Crippen LogP contribution in [0.4, 0.5) is 4.39 Å². The van der Waals surface area contributed by atoms with E-state index in [-0.39, 0.29) is 11.8 Å². The highest BCUT2D eigenvalue weighted by Gasteiger charge is 2.37. The van der Waals surface area contributed by atoms with Crippen LogP contribution < -0.4 is 4.74 Å². The molecular weight excluding hydrogens is 459 g/mol. The van der Waals surface area contributed by atoms with Crippen LogP contribution in [0.5, 0.6) is 5.75 Å². The fourth-order valence-corrected chi connectivity index (χ4v) is 6.38. The molecule has 1 aromatic carbocycles. The number of benzene rings is 1. The second-order valence-corrected chi connectivity index (χ2v) is 11.0. The van der Waals surface area contributed by atoms with Crippen LogP contribution in [0.15, 0.2) is 24.4 Å². The molecule has 1 aliphatic heterocycles. The zero-order chi connectivity index (χ0) is 25.5. The van der Waals surface area contributed by atoms with Crippen molar-refractivity contribution in [3.8, 4) is 5.75 Å². The van der Waals surface area contributed by atoms with E-state index in [0.29, 0.717) is 40.6 Å². The number of pyridine rings is 1. The van der Waals surface area contributed by atoms with Gasteiger partial charge in [0.15, 0.2) is 0 Å². The molecule has 198 valence electrons. The molecule has 2 fully saturated rings. The highest BCUT2D eigenvalue weighted by atomic mass is 19.1. The highest BCUT2D eigenvalue weighted by Crippen LogP contribution is 2.43. The number of alkyl halides is 1. The summed E-state index contributed by atoms with van der Waals surface area (Å²) in [6.45, 7) is 2.19. The Morgan fingerprint density at radius 1 is 1.25 bits per heavy atom. The van der Waals surface area contributed by atoms with E-state index in [1.807, 2.05) is 0 Å². The van der Waals surface area contributed by atoms with E-state index in [1.54, 1.807) is 25.3 Å². The molecule has 1 aliphatic carbocycles. The number of aliphatic carboxylic acids is 1. The number of likely N-dealkylation sites (tertiary alicyclic amines) is 1. The van der Waals surface area contributed by atoms with E-state index in [1.165, 1.54) is 44.7 Å². The Morgan fingerprint density at radius 3 is 2.67 bits per heavy atom. The third-order valence-electron chi connectivity index (χ3n) is 8.65. The summed E-state index contributed by atoms with van der Waals surface area (Å²) < 4.78 is 19.2. The first kappa shape index (κ1) is 26.8. The number of aliphatic hydroxyl groups excluding tert-OH is 1. The summed E-state index contributed by atoms with van der Waals surface area (Å²) >= 11 is 0. The predicted molar refractivity (Wildman–Crippen MR) is 139 cm³/mol. The second-order valence-electron chi connectivity index (χ2n) is 11.0. The zero-order valence-electron chi connectivity index (χ0n) is 21.6. The van der Waals surface area contributed by atoms with Crippen LogP contribution in [0, 0.1) is 11.3 Å². The number of fused-ring (bicyclic) bond motifs is 1. The van der Waals surface area contributed by atoms with E-state index in [2.05, 4.69) is 9.88 Å². The van der Waals surface area contributed by atoms with Crippen molar-refractivity contribution >= 4 is 16.9 Å². The molecule has 0 radical (unpaired) electrons. The Labute approximate surface area is 213 Å². The van der Waals surface area contributed by atoms with Crippen LogP contribution >= 0.6 is 0 Å². The lowest BCUT2D eigenvalue weighted by Crippen LogP contribution is -2.42. The van der Waals surface area contributed by atoms with E-state index < -0.39 is 18.7 Å². The Hall–Kier alpha value is -2.25. The van der Waals surface area contributed by atoms with Gasteiger partial charge >= 0.3 is 5.97 Å². The second kappa shape index (κ2) is 12.3. The minimum atomic E-state index is -0.900. The van der Waals surface area contributed by atoms with Gasteiger partial charge in [0.1, 0.15) is 12.4 Å². The largest absolute Gasteiger partial charge is 0.497 e. The number of carboxylic acids is 1. The number of carboxylic acid groups (broad SMARTS) is 1. The van der Waals surface area contributed by atoms with Crippen molar-refractivity contribution in [2.45, 2.75) is 83.4 Å². The van der Waals surface area contributed by atoms with Crippen molar-refractivity contribution in [3.05, 3.63) is 35.5 Å². The van der Waals surface area contributed by atoms with Crippen LogP contribution in [0.1, 0.15) is 87.9 Å². The molecule has 0 bridgehead atoms. The molecule has 36 heavy (non-hydrogen) atoms. The maximum absolute atomic E-state index is 13.9. The lowest BCUT2D eigenvalue weighted by Gasteiger charge is -2.42. The molecule has 2 aromatic rings. The zero-order valence-corrected chi connectivity index (χ0v) is 21.6. The quantitative estimate of drug-likeness (QED) is 0.391. The van der Waals surface area contributed by atoms with Gasteiger partial charge in [0, 0.05) is 17.1 Å². The number of rotatable bonds is 11. The van der Waals surface area contributed by atoms with Crippen molar-refractivity contribution in [2.24, 2.45) is 11.3 Å². The standard InChI is InChI=1S/C29H41FN2O4/c1-36-23-7-8-25-24(17-23)28(22(19-30)20-31-25)26(33)9-11-29(18-27(34)35)12-15-32(16-13-29)14-10-21-5-3-2-4-6-21/h7-8,17,20-21,26,33H,2-6,9-16,18-19H2,1H3,(H,34,35). The van der Waals surface area contributed by atoms with Crippen molar-refractivity contribution in [1.82, 2.24) is 9.88 Å². The number of halogens is 1. The Morgan fingerprint density at radius 2 is 2.00 bits per heavy atom. The molecule has 4 rings (SSSR count). The lowest BCUT2D eigenvalue weighted by molar-refractivity contribution is -0.141. The van der Waals surface area contributed by atoms with Crippen molar-refractivity contribution < 1.29 is 24.1 Å². The molecule has 1 saturated heterocycles. The molecule has 2 heterocycles. The van der Waals surface area contributed by atoms with Crippen molar-refractivity contribution in [2.75, 3.05) is 26.7 Å². The molecule has 7 heteroatoms. The summed E-state index contributed by atoms with van der Waals surface area (Å²) in [6, 6.07) is 5.39. The minimum absolute atomic E-state index is 0.108. The normalized spacial score (nSPS) is 19.9. The summed E-state index contributed by atoms with van der Waals surface area (Å²) in [4.78, 5) is 18.6. The van der Waals surface area contributed by atoms with Crippen LogP contribution in [-0.2, 0) is 11.5 Å². The molecule has 1 atom stereocenters. The van der Waals surface area contributed by atoms with Crippen LogP contribution in [0.2, 0.25) is 0 Å². The lowest BCUT2D eigenvalue weighted by atomic mass is 9.71. The van der Waals surface area contributed by atoms with E-state index >= 15 is 0 Å². The maximum atomic E-state index is 13.9. The number of piperidine rings is 1. The van der Waals surface area contributed by atoms with Crippen molar-refractivity contribution in [3.63, 3.8) is 0 Å². The van der Waals surface area contributed by atoms with Crippen LogP contribution in [0.25, 0.3) is 10.9 Å².